The number of cyclic esters (lactones) is 1. The highest BCUT2D eigenvalue weighted by atomic mass is 16.6. The van der Waals surface area contributed by atoms with Gasteiger partial charge in [0.25, 0.3) is 0 Å². The number of hydrogen-bond donors (Lipinski definition) is 0. The molecule has 0 aromatic heterocycles. The van der Waals surface area contributed by atoms with Gasteiger partial charge < -0.3 is 9.47 Å². The van der Waals surface area contributed by atoms with E-state index >= 15 is 0 Å². The SMILES string of the molecule is CCCCC1OC1CCC=CC=CC1CC=CCCCCCCC(=O)O1. The van der Waals surface area contributed by atoms with Crippen LogP contribution in [0.15, 0.2) is 36.5 Å². The van der Waals surface area contributed by atoms with Crippen molar-refractivity contribution in [2.45, 2.75) is 102 Å². The van der Waals surface area contributed by atoms with Gasteiger partial charge in [0.1, 0.15) is 6.10 Å². The van der Waals surface area contributed by atoms with E-state index in [1.807, 2.05) is 12.2 Å². The summed E-state index contributed by atoms with van der Waals surface area (Å²) in [5, 5.41) is 0. The van der Waals surface area contributed by atoms with Crippen LogP contribution in [0.5, 0.6) is 0 Å². The topological polar surface area (TPSA) is 38.8 Å². The number of esters is 1. The molecule has 0 aliphatic carbocycles. The molecule has 0 amide bonds. The Labute approximate surface area is 159 Å². The van der Waals surface area contributed by atoms with Crippen LogP contribution in [0.3, 0.4) is 0 Å². The van der Waals surface area contributed by atoms with Crippen LogP contribution in [0.1, 0.15) is 84.0 Å². The highest BCUT2D eigenvalue weighted by Gasteiger charge is 2.36. The van der Waals surface area contributed by atoms with Crippen molar-refractivity contribution in [1.82, 2.24) is 0 Å². The lowest BCUT2D eigenvalue weighted by molar-refractivity contribution is -0.146. The van der Waals surface area contributed by atoms with Gasteiger partial charge in [-0.05, 0) is 44.6 Å². The summed E-state index contributed by atoms with van der Waals surface area (Å²) >= 11 is 0. The van der Waals surface area contributed by atoms with Crippen molar-refractivity contribution >= 4 is 5.97 Å². The average Bonchev–Trinajstić information content (AvgIpc) is 3.38. The Hall–Kier alpha value is -1.35. The first kappa shape index (κ1) is 21.0. The zero-order chi connectivity index (χ0) is 18.5. The van der Waals surface area contributed by atoms with Crippen molar-refractivity contribution in [2.24, 2.45) is 0 Å². The molecule has 26 heavy (non-hydrogen) atoms. The first-order chi connectivity index (χ1) is 12.8. The molecule has 0 aromatic carbocycles. The monoisotopic (exact) mass is 360 g/mol. The van der Waals surface area contributed by atoms with E-state index in [0.29, 0.717) is 18.6 Å². The van der Waals surface area contributed by atoms with E-state index in [1.54, 1.807) is 0 Å². The van der Waals surface area contributed by atoms with E-state index in [-0.39, 0.29) is 12.1 Å². The number of rotatable bonds is 8. The maximum absolute atomic E-state index is 11.9. The molecule has 3 atom stereocenters. The van der Waals surface area contributed by atoms with Crippen LogP contribution >= 0.6 is 0 Å². The van der Waals surface area contributed by atoms with Gasteiger partial charge in [-0.15, -0.1) is 0 Å². The van der Waals surface area contributed by atoms with E-state index in [4.69, 9.17) is 9.47 Å². The number of epoxide rings is 1. The molecule has 1 saturated heterocycles. The molecule has 146 valence electrons. The quantitative estimate of drug-likeness (QED) is 0.229. The first-order valence-electron chi connectivity index (χ1n) is 10.6. The normalized spacial score (nSPS) is 28.0. The van der Waals surface area contributed by atoms with Crippen molar-refractivity contribution in [3.8, 4) is 0 Å². The van der Waals surface area contributed by atoms with Crippen LogP contribution in [0, 0.1) is 0 Å². The van der Waals surface area contributed by atoms with Gasteiger partial charge in [-0.25, -0.2) is 0 Å². The number of hydrogen-bond acceptors (Lipinski definition) is 3. The van der Waals surface area contributed by atoms with Gasteiger partial charge in [-0.1, -0.05) is 63.0 Å². The summed E-state index contributed by atoms with van der Waals surface area (Å²) < 4.78 is 11.3. The van der Waals surface area contributed by atoms with Gasteiger partial charge >= 0.3 is 5.97 Å². The Kier molecular flexibility index (Phi) is 10.4. The van der Waals surface area contributed by atoms with Gasteiger partial charge in [-0.3, -0.25) is 4.79 Å². The summed E-state index contributed by atoms with van der Waals surface area (Å²) in [7, 11) is 0. The van der Waals surface area contributed by atoms with Crippen molar-refractivity contribution in [1.29, 1.82) is 0 Å². The predicted molar refractivity (Wildman–Crippen MR) is 107 cm³/mol. The van der Waals surface area contributed by atoms with Crippen LogP contribution < -0.4 is 0 Å². The third kappa shape index (κ3) is 9.38. The van der Waals surface area contributed by atoms with E-state index in [9.17, 15) is 4.79 Å². The molecule has 2 heterocycles. The third-order valence-electron chi connectivity index (χ3n) is 5.04. The van der Waals surface area contributed by atoms with E-state index in [1.165, 1.54) is 32.1 Å². The second-order valence-corrected chi connectivity index (χ2v) is 7.43. The van der Waals surface area contributed by atoms with Gasteiger partial charge in [0.05, 0.1) is 12.2 Å². The molecule has 0 N–H and O–H groups in total. The molecule has 3 nitrogen and oxygen atoms in total. The molecule has 0 bridgehead atoms. The van der Waals surface area contributed by atoms with Crippen LogP contribution in [0.2, 0.25) is 0 Å². The second-order valence-electron chi connectivity index (χ2n) is 7.43. The lowest BCUT2D eigenvalue weighted by atomic mass is 10.1. The third-order valence-corrected chi connectivity index (χ3v) is 5.04. The van der Waals surface area contributed by atoms with E-state index < -0.39 is 0 Å². The van der Waals surface area contributed by atoms with Gasteiger partial charge in [-0.2, -0.15) is 0 Å². The molecule has 2 aliphatic rings. The zero-order valence-corrected chi connectivity index (χ0v) is 16.4. The van der Waals surface area contributed by atoms with E-state index in [0.717, 1.165) is 38.5 Å². The number of carbonyl (C=O) groups is 1. The Balaban J connectivity index is 1.67. The second kappa shape index (κ2) is 12.9. The highest BCUT2D eigenvalue weighted by Crippen LogP contribution is 2.30. The minimum absolute atomic E-state index is 0.0680. The van der Waals surface area contributed by atoms with Gasteiger partial charge in [0.15, 0.2) is 0 Å². The fraction of sp³-hybridized carbons (Fsp3) is 0.696. The molecule has 2 rings (SSSR count). The average molecular weight is 361 g/mol. The summed E-state index contributed by atoms with van der Waals surface area (Å²) in [4.78, 5) is 11.9. The summed E-state index contributed by atoms with van der Waals surface area (Å²) in [6.07, 6.45) is 26.3. The number of ether oxygens (including phenoxy) is 2. The Morgan fingerprint density at radius 3 is 2.81 bits per heavy atom. The fourth-order valence-electron chi connectivity index (χ4n) is 3.34. The number of unbranched alkanes of at least 4 members (excludes halogenated alkanes) is 1. The molecule has 1 fully saturated rings. The van der Waals surface area contributed by atoms with Crippen LogP contribution in [0.25, 0.3) is 0 Å². The smallest absolute Gasteiger partial charge is 0.306 e. The number of carbonyl (C=O) groups excluding carboxylic acids is 1. The van der Waals surface area contributed by atoms with Crippen LogP contribution in [-0.2, 0) is 14.3 Å². The maximum Gasteiger partial charge on any atom is 0.306 e. The van der Waals surface area contributed by atoms with Crippen LogP contribution in [0.4, 0.5) is 0 Å². The molecule has 3 heteroatoms. The van der Waals surface area contributed by atoms with Gasteiger partial charge in [0.2, 0.25) is 0 Å². The van der Waals surface area contributed by atoms with E-state index in [2.05, 4.69) is 31.2 Å². The van der Waals surface area contributed by atoms with Crippen molar-refractivity contribution in [3.63, 3.8) is 0 Å². The molecule has 2 aliphatic heterocycles. The summed E-state index contributed by atoms with van der Waals surface area (Å²) in [6.45, 7) is 2.22. The molecule has 0 saturated carbocycles. The Bertz CT molecular complexity index is 478. The highest BCUT2D eigenvalue weighted by molar-refractivity contribution is 5.69. The van der Waals surface area contributed by atoms with Crippen molar-refractivity contribution < 1.29 is 14.3 Å². The largest absolute Gasteiger partial charge is 0.458 e. The van der Waals surface area contributed by atoms with Crippen molar-refractivity contribution in [2.75, 3.05) is 0 Å². The van der Waals surface area contributed by atoms with Crippen molar-refractivity contribution in [3.05, 3.63) is 36.5 Å². The molecular weight excluding hydrogens is 324 g/mol. The lowest BCUT2D eigenvalue weighted by Gasteiger charge is -2.13. The first-order valence-corrected chi connectivity index (χ1v) is 10.6. The molecule has 3 unspecified atom stereocenters. The maximum atomic E-state index is 11.9. The molecule has 0 radical (unpaired) electrons. The summed E-state index contributed by atoms with van der Waals surface area (Å²) in [5.74, 6) is -0.0680. The minimum atomic E-state index is -0.145. The molecule has 0 aromatic rings. The Morgan fingerprint density at radius 1 is 1.08 bits per heavy atom. The zero-order valence-electron chi connectivity index (χ0n) is 16.4. The Morgan fingerprint density at radius 2 is 1.92 bits per heavy atom. The summed E-state index contributed by atoms with van der Waals surface area (Å²) in [5.41, 5.74) is 0. The fourth-order valence-corrected chi connectivity index (χ4v) is 3.34. The molecular formula is C23H36O3. The standard InChI is InChI=1S/C23H36O3/c1-2-3-17-21-22(26-21)18-13-10-9-12-16-20-15-11-7-5-4-6-8-14-19-23(24)25-20/h7,9-12,16,20-22H,2-6,8,13-15,17-19H2,1H3. The summed E-state index contributed by atoms with van der Waals surface area (Å²) in [6, 6.07) is 0. The van der Waals surface area contributed by atoms with Crippen LogP contribution in [-0.4, -0.2) is 24.3 Å². The minimum Gasteiger partial charge on any atom is -0.458 e. The lowest BCUT2D eigenvalue weighted by Crippen LogP contribution is -2.15. The molecule has 0 spiro atoms. The van der Waals surface area contributed by atoms with Gasteiger partial charge in [0, 0.05) is 12.8 Å². The number of allylic oxidation sites excluding steroid dienone is 4. The predicted octanol–water partition coefficient (Wildman–Crippen LogP) is 6.05.